The van der Waals surface area contributed by atoms with E-state index in [0.717, 1.165) is 72.8 Å². The number of carbonyl (C=O) groups excluding carboxylic acids is 1. The van der Waals surface area contributed by atoms with E-state index < -0.39 is 0 Å². The molecule has 3 heterocycles. The van der Waals surface area contributed by atoms with Gasteiger partial charge in [-0.05, 0) is 44.0 Å². The molecule has 0 unspecified atom stereocenters. The van der Waals surface area contributed by atoms with E-state index in [-0.39, 0.29) is 17.6 Å². The van der Waals surface area contributed by atoms with Crippen LogP contribution in [0.15, 0.2) is 24.3 Å². The highest BCUT2D eigenvalue weighted by molar-refractivity contribution is 5.91. The number of benzene rings is 1. The fourth-order valence-electron chi connectivity index (χ4n) is 4.61. The van der Waals surface area contributed by atoms with Crippen molar-refractivity contribution in [3.8, 4) is 5.69 Å². The SMILES string of the molecule is CCCCC(=O)N1CCN(c2nc([C@H](C)CCC)nc3c2c(C)nn3-c2ccc(F)cc2)CC1. The largest absolute Gasteiger partial charge is 0.352 e. The van der Waals surface area contributed by atoms with Crippen LogP contribution in [0.5, 0.6) is 0 Å². The van der Waals surface area contributed by atoms with E-state index in [1.807, 2.05) is 11.8 Å². The summed E-state index contributed by atoms with van der Waals surface area (Å²) >= 11 is 0. The summed E-state index contributed by atoms with van der Waals surface area (Å²) in [6.45, 7) is 11.2. The fraction of sp³-hybridized carbons (Fsp3) is 0.538. The maximum Gasteiger partial charge on any atom is 0.222 e. The Morgan fingerprint density at radius 3 is 2.41 bits per heavy atom. The highest BCUT2D eigenvalue weighted by atomic mass is 19.1. The van der Waals surface area contributed by atoms with Crippen LogP contribution in [0.4, 0.5) is 10.2 Å². The molecular formula is C26H35FN6O. The Morgan fingerprint density at radius 1 is 1.06 bits per heavy atom. The van der Waals surface area contributed by atoms with Gasteiger partial charge in [-0.3, -0.25) is 4.79 Å². The molecule has 1 aromatic carbocycles. The molecule has 1 atom stereocenters. The van der Waals surface area contributed by atoms with E-state index in [0.29, 0.717) is 19.5 Å². The van der Waals surface area contributed by atoms with Gasteiger partial charge in [-0.15, -0.1) is 0 Å². The van der Waals surface area contributed by atoms with Crippen LogP contribution < -0.4 is 4.90 Å². The lowest BCUT2D eigenvalue weighted by Crippen LogP contribution is -2.49. The van der Waals surface area contributed by atoms with Crippen molar-refractivity contribution in [3.05, 3.63) is 41.6 Å². The molecule has 1 aliphatic rings. The number of amides is 1. The van der Waals surface area contributed by atoms with Crippen LogP contribution in [0.2, 0.25) is 0 Å². The summed E-state index contributed by atoms with van der Waals surface area (Å²) in [4.78, 5) is 26.7. The zero-order chi connectivity index (χ0) is 24.2. The summed E-state index contributed by atoms with van der Waals surface area (Å²) in [7, 11) is 0. The molecule has 1 saturated heterocycles. The van der Waals surface area contributed by atoms with Gasteiger partial charge in [-0.2, -0.15) is 5.10 Å². The number of hydrogen-bond donors (Lipinski definition) is 0. The third kappa shape index (κ3) is 4.91. The molecule has 4 rings (SSSR count). The van der Waals surface area contributed by atoms with E-state index in [4.69, 9.17) is 15.1 Å². The van der Waals surface area contributed by atoms with E-state index in [1.54, 1.807) is 16.8 Å². The molecule has 0 saturated carbocycles. The summed E-state index contributed by atoms with van der Waals surface area (Å²) in [6, 6.07) is 6.32. The Bertz CT molecular complexity index is 1130. The van der Waals surface area contributed by atoms with Gasteiger partial charge in [0, 0.05) is 38.5 Å². The third-order valence-corrected chi connectivity index (χ3v) is 6.61. The fourth-order valence-corrected chi connectivity index (χ4v) is 4.61. The van der Waals surface area contributed by atoms with Gasteiger partial charge in [0.1, 0.15) is 17.5 Å². The molecule has 0 bridgehead atoms. The first-order valence-corrected chi connectivity index (χ1v) is 12.5. The highest BCUT2D eigenvalue weighted by Crippen LogP contribution is 2.32. The van der Waals surface area contributed by atoms with Gasteiger partial charge in [-0.25, -0.2) is 19.0 Å². The van der Waals surface area contributed by atoms with Gasteiger partial charge in [0.05, 0.1) is 16.8 Å². The van der Waals surface area contributed by atoms with Gasteiger partial charge in [-0.1, -0.05) is 33.6 Å². The molecule has 0 spiro atoms. The van der Waals surface area contributed by atoms with Crippen molar-refractivity contribution in [2.24, 2.45) is 0 Å². The maximum atomic E-state index is 13.6. The van der Waals surface area contributed by atoms with Crippen molar-refractivity contribution in [1.29, 1.82) is 0 Å². The quantitative estimate of drug-likeness (QED) is 0.467. The minimum absolute atomic E-state index is 0.210. The maximum absolute atomic E-state index is 13.6. The van der Waals surface area contributed by atoms with Crippen LogP contribution in [0.1, 0.15) is 70.3 Å². The van der Waals surface area contributed by atoms with E-state index in [9.17, 15) is 9.18 Å². The molecule has 2 aromatic heterocycles. The average molecular weight is 467 g/mol. The van der Waals surface area contributed by atoms with Crippen LogP contribution in [-0.2, 0) is 4.79 Å². The molecule has 1 amide bonds. The highest BCUT2D eigenvalue weighted by Gasteiger charge is 2.27. The normalized spacial score (nSPS) is 15.2. The Kier molecular flexibility index (Phi) is 7.44. The number of nitrogens with zero attached hydrogens (tertiary/aromatic N) is 6. The van der Waals surface area contributed by atoms with E-state index in [2.05, 4.69) is 25.7 Å². The van der Waals surface area contributed by atoms with Crippen molar-refractivity contribution < 1.29 is 9.18 Å². The average Bonchev–Trinajstić information content (AvgIpc) is 3.19. The predicted molar refractivity (Wildman–Crippen MR) is 133 cm³/mol. The number of rotatable bonds is 8. The van der Waals surface area contributed by atoms with Crippen LogP contribution in [0.25, 0.3) is 16.7 Å². The third-order valence-electron chi connectivity index (χ3n) is 6.61. The monoisotopic (exact) mass is 466 g/mol. The Hall–Kier alpha value is -3.03. The zero-order valence-electron chi connectivity index (χ0n) is 20.7. The lowest BCUT2D eigenvalue weighted by molar-refractivity contribution is -0.131. The van der Waals surface area contributed by atoms with Crippen LogP contribution in [-0.4, -0.2) is 56.7 Å². The number of fused-ring (bicyclic) bond motifs is 1. The van der Waals surface area contributed by atoms with Gasteiger partial charge < -0.3 is 9.80 Å². The van der Waals surface area contributed by atoms with Gasteiger partial charge in [0.2, 0.25) is 5.91 Å². The molecule has 0 aliphatic carbocycles. The number of aryl methyl sites for hydroxylation is 1. The van der Waals surface area contributed by atoms with E-state index in [1.165, 1.54) is 12.1 Å². The summed E-state index contributed by atoms with van der Waals surface area (Å²) < 4.78 is 15.3. The number of unbranched alkanes of at least 4 members (excludes halogenated alkanes) is 1. The number of anilines is 1. The zero-order valence-corrected chi connectivity index (χ0v) is 20.7. The van der Waals surface area contributed by atoms with Gasteiger partial charge in [0.25, 0.3) is 0 Å². The number of aromatic nitrogens is 4. The molecule has 1 fully saturated rings. The summed E-state index contributed by atoms with van der Waals surface area (Å²) in [5.74, 6) is 1.85. The molecule has 0 radical (unpaired) electrons. The Balaban J connectivity index is 1.72. The second kappa shape index (κ2) is 10.5. The Labute approximate surface area is 201 Å². The minimum Gasteiger partial charge on any atom is -0.352 e. The second-order valence-corrected chi connectivity index (χ2v) is 9.24. The molecule has 3 aromatic rings. The van der Waals surface area contributed by atoms with Crippen molar-refractivity contribution in [2.45, 2.75) is 65.7 Å². The standard InChI is InChI=1S/C26H35FN6O/c1-5-7-9-22(34)31-14-16-32(17-15-31)25-23-19(4)30-33(21-12-10-20(27)11-13-21)26(23)29-24(28-25)18(3)8-6-2/h10-13,18H,5-9,14-17H2,1-4H3/t18-/m1/s1. The number of piperazine rings is 1. The molecule has 1 aliphatic heterocycles. The first-order valence-electron chi connectivity index (χ1n) is 12.5. The summed E-state index contributed by atoms with van der Waals surface area (Å²) in [5.41, 5.74) is 2.35. The predicted octanol–water partition coefficient (Wildman–Crippen LogP) is 5.01. The van der Waals surface area contributed by atoms with Crippen LogP contribution in [0.3, 0.4) is 0 Å². The molecule has 8 heteroatoms. The first-order chi connectivity index (χ1) is 16.4. The number of halogens is 1. The lowest BCUT2D eigenvalue weighted by atomic mass is 10.1. The smallest absolute Gasteiger partial charge is 0.222 e. The molecule has 182 valence electrons. The molecule has 34 heavy (non-hydrogen) atoms. The summed E-state index contributed by atoms with van der Waals surface area (Å²) in [6.07, 6.45) is 4.63. The van der Waals surface area contributed by atoms with Crippen molar-refractivity contribution >= 4 is 22.8 Å². The lowest BCUT2D eigenvalue weighted by Gasteiger charge is -2.36. The summed E-state index contributed by atoms with van der Waals surface area (Å²) in [5, 5.41) is 5.69. The van der Waals surface area contributed by atoms with Gasteiger partial charge >= 0.3 is 0 Å². The van der Waals surface area contributed by atoms with E-state index >= 15 is 0 Å². The molecule has 0 N–H and O–H groups in total. The Morgan fingerprint density at radius 2 is 1.76 bits per heavy atom. The van der Waals surface area contributed by atoms with Crippen molar-refractivity contribution in [2.75, 3.05) is 31.1 Å². The number of hydrogen-bond acceptors (Lipinski definition) is 5. The first kappa shape index (κ1) is 24.1. The van der Waals surface area contributed by atoms with Gasteiger partial charge in [0.15, 0.2) is 5.65 Å². The van der Waals surface area contributed by atoms with Crippen LogP contribution in [0, 0.1) is 12.7 Å². The van der Waals surface area contributed by atoms with Crippen LogP contribution >= 0.6 is 0 Å². The second-order valence-electron chi connectivity index (χ2n) is 9.24. The minimum atomic E-state index is -0.282. The topological polar surface area (TPSA) is 67.2 Å². The van der Waals surface area contributed by atoms with Crippen molar-refractivity contribution in [1.82, 2.24) is 24.6 Å². The van der Waals surface area contributed by atoms with Crippen molar-refractivity contribution in [3.63, 3.8) is 0 Å². The number of carbonyl (C=O) groups is 1. The molecule has 7 nitrogen and oxygen atoms in total. The molecular weight excluding hydrogens is 431 g/mol.